The summed E-state index contributed by atoms with van der Waals surface area (Å²) in [7, 11) is 3.39. The summed E-state index contributed by atoms with van der Waals surface area (Å²) in [6, 6.07) is 18.2. The van der Waals surface area contributed by atoms with Gasteiger partial charge in [-0.3, -0.25) is 14.5 Å². The summed E-state index contributed by atoms with van der Waals surface area (Å²) in [5, 5.41) is 18.9. The standard InChI is InChI=1S/2C10H11BrN2O.C7H5BrN2/c1-14-5-4-13-7-8-6-9(11)2-3-10(8)12-13;1-14-5-4-13-10-3-2-9(11)6-8(10)7-12-13;8-6-1-2-7-5(3-6)4-9-10-7/h2*2-3,6-7H,4-5H2,1H3;1-4H,(H,9,10). The molecule has 3 aromatic carbocycles. The number of benzene rings is 3. The first kappa shape index (κ1) is 28.4. The van der Waals surface area contributed by atoms with Crippen LogP contribution in [0.2, 0.25) is 0 Å². The summed E-state index contributed by atoms with van der Waals surface area (Å²) in [4.78, 5) is 0. The highest BCUT2D eigenvalue weighted by atomic mass is 79.9. The maximum Gasteiger partial charge on any atom is 0.0924 e. The van der Waals surface area contributed by atoms with Crippen LogP contribution >= 0.6 is 47.8 Å². The van der Waals surface area contributed by atoms with Crippen molar-refractivity contribution in [3.63, 3.8) is 0 Å². The average molecular weight is 707 g/mol. The fraction of sp³-hybridized carbons (Fsp3) is 0.222. The van der Waals surface area contributed by atoms with Gasteiger partial charge < -0.3 is 9.47 Å². The lowest BCUT2D eigenvalue weighted by atomic mass is 10.2. The Bertz CT molecular complexity index is 1600. The lowest BCUT2D eigenvalue weighted by molar-refractivity contribution is 0.184. The van der Waals surface area contributed by atoms with E-state index in [1.807, 2.05) is 58.2 Å². The number of methoxy groups -OCH3 is 2. The number of aromatic nitrogens is 6. The Morgan fingerprint density at radius 3 is 2.18 bits per heavy atom. The van der Waals surface area contributed by atoms with E-state index in [1.54, 1.807) is 20.4 Å². The van der Waals surface area contributed by atoms with Gasteiger partial charge >= 0.3 is 0 Å². The fourth-order valence-electron chi connectivity index (χ4n) is 3.67. The van der Waals surface area contributed by atoms with Gasteiger partial charge in [0.1, 0.15) is 0 Å². The zero-order valence-electron chi connectivity index (χ0n) is 20.9. The second kappa shape index (κ2) is 14.0. The Kier molecular flexibility index (Phi) is 10.5. The van der Waals surface area contributed by atoms with E-state index in [4.69, 9.17) is 9.47 Å². The number of rotatable bonds is 6. The molecule has 8 nitrogen and oxygen atoms in total. The molecule has 0 aliphatic rings. The first-order valence-electron chi connectivity index (χ1n) is 11.8. The molecule has 0 saturated carbocycles. The molecule has 11 heteroatoms. The Labute approximate surface area is 245 Å². The van der Waals surface area contributed by atoms with Gasteiger partial charge in [0, 0.05) is 50.0 Å². The maximum absolute atomic E-state index is 5.02. The normalized spacial score (nSPS) is 10.9. The van der Waals surface area contributed by atoms with Gasteiger partial charge in [-0.1, -0.05) is 47.8 Å². The van der Waals surface area contributed by atoms with Crippen molar-refractivity contribution in [2.45, 2.75) is 13.1 Å². The largest absolute Gasteiger partial charge is 0.383 e. The number of hydrogen-bond donors (Lipinski definition) is 1. The Morgan fingerprint density at radius 1 is 0.763 bits per heavy atom. The Balaban J connectivity index is 0.000000135. The molecule has 0 fully saturated rings. The number of fused-ring (bicyclic) bond motifs is 3. The van der Waals surface area contributed by atoms with Crippen molar-refractivity contribution in [2.75, 3.05) is 27.4 Å². The summed E-state index contributed by atoms with van der Waals surface area (Å²) in [6.45, 7) is 2.96. The second-order valence-electron chi connectivity index (χ2n) is 8.25. The van der Waals surface area contributed by atoms with Crippen molar-refractivity contribution in [3.8, 4) is 0 Å². The molecule has 0 saturated heterocycles. The molecule has 0 aliphatic heterocycles. The van der Waals surface area contributed by atoms with Crippen molar-refractivity contribution in [1.29, 1.82) is 0 Å². The van der Waals surface area contributed by atoms with Gasteiger partial charge in [-0.25, -0.2) is 0 Å². The number of nitrogens with zero attached hydrogens (tertiary/aromatic N) is 5. The smallest absolute Gasteiger partial charge is 0.0924 e. The molecule has 0 amide bonds. The average Bonchev–Trinajstić information content (AvgIpc) is 3.64. The van der Waals surface area contributed by atoms with Crippen molar-refractivity contribution in [2.24, 2.45) is 0 Å². The molecule has 0 radical (unpaired) electrons. The number of halogens is 3. The lowest BCUT2D eigenvalue weighted by Gasteiger charge is -2.01. The quantitative estimate of drug-likeness (QED) is 0.198. The van der Waals surface area contributed by atoms with E-state index in [0.29, 0.717) is 13.2 Å². The van der Waals surface area contributed by atoms with Gasteiger partial charge in [-0.2, -0.15) is 15.3 Å². The van der Waals surface area contributed by atoms with Gasteiger partial charge in [0.05, 0.1) is 55.2 Å². The third kappa shape index (κ3) is 7.73. The zero-order valence-corrected chi connectivity index (χ0v) is 25.7. The molecule has 3 aromatic heterocycles. The SMILES string of the molecule is Brc1ccc2[nH]ncc2c1.COCCn1cc2cc(Br)ccc2n1.COCCn1ncc2cc(Br)ccc21. The molecular formula is C27H27Br3N6O2. The van der Waals surface area contributed by atoms with E-state index >= 15 is 0 Å². The molecule has 1 N–H and O–H groups in total. The molecule has 0 spiro atoms. The van der Waals surface area contributed by atoms with Crippen LogP contribution in [0, 0.1) is 0 Å². The van der Waals surface area contributed by atoms with Crippen molar-refractivity contribution in [3.05, 3.63) is 86.6 Å². The van der Waals surface area contributed by atoms with Crippen LogP contribution in [-0.4, -0.2) is 57.2 Å². The van der Waals surface area contributed by atoms with Gasteiger partial charge in [0.15, 0.2) is 0 Å². The molecular weight excluding hydrogens is 680 g/mol. The Morgan fingerprint density at radius 2 is 1.42 bits per heavy atom. The summed E-state index contributed by atoms with van der Waals surface area (Å²) < 4.78 is 17.1. The van der Waals surface area contributed by atoms with Crippen LogP contribution in [-0.2, 0) is 22.6 Å². The van der Waals surface area contributed by atoms with Crippen molar-refractivity contribution in [1.82, 2.24) is 29.8 Å². The predicted molar refractivity (Wildman–Crippen MR) is 162 cm³/mol. The molecule has 0 unspecified atom stereocenters. The van der Waals surface area contributed by atoms with E-state index in [9.17, 15) is 0 Å². The van der Waals surface area contributed by atoms with E-state index in [1.165, 1.54) is 0 Å². The van der Waals surface area contributed by atoms with E-state index in [0.717, 1.165) is 59.2 Å². The van der Waals surface area contributed by atoms with Crippen molar-refractivity contribution >= 4 is 80.5 Å². The highest BCUT2D eigenvalue weighted by molar-refractivity contribution is 9.11. The minimum atomic E-state index is 0.687. The van der Waals surface area contributed by atoms with Crippen LogP contribution in [0.3, 0.4) is 0 Å². The fourth-order valence-corrected chi connectivity index (χ4v) is 4.81. The summed E-state index contributed by atoms with van der Waals surface area (Å²) >= 11 is 10.2. The molecule has 3 heterocycles. The number of ether oxygens (including phenoxy) is 2. The van der Waals surface area contributed by atoms with Gasteiger partial charge in [0.2, 0.25) is 0 Å². The maximum atomic E-state index is 5.02. The first-order chi connectivity index (χ1) is 18.5. The zero-order chi connectivity index (χ0) is 26.9. The van der Waals surface area contributed by atoms with Crippen LogP contribution in [0.5, 0.6) is 0 Å². The van der Waals surface area contributed by atoms with Crippen LogP contribution < -0.4 is 0 Å². The molecule has 0 aliphatic carbocycles. The van der Waals surface area contributed by atoms with Crippen LogP contribution in [0.1, 0.15) is 0 Å². The summed E-state index contributed by atoms with van der Waals surface area (Å²) in [6.07, 6.45) is 5.70. The first-order valence-corrected chi connectivity index (χ1v) is 14.1. The van der Waals surface area contributed by atoms with Gasteiger partial charge in [0.25, 0.3) is 0 Å². The molecule has 0 bridgehead atoms. The number of aromatic amines is 1. The molecule has 198 valence electrons. The van der Waals surface area contributed by atoms with Gasteiger partial charge in [-0.15, -0.1) is 0 Å². The number of hydrogen-bond acceptors (Lipinski definition) is 5. The summed E-state index contributed by atoms with van der Waals surface area (Å²) in [5.74, 6) is 0. The van der Waals surface area contributed by atoms with Crippen LogP contribution in [0.4, 0.5) is 0 Å². The van der Waals surface area contributed by atoms with Crippen LogP contribution in [0.25, 0.3) is 32.7 Å². The Hall–Kier alpha value is -2.57. The third-order valence-electron chi connectivity index (χ3n) is 5.55. The monoisotopic (exact) mass is 704 g/mol. The predicted octanol–water partition coefficient (Wildman–Crippen LogP) is 7.22. The topological polar surface area (TPSA) is 82.8 Å². The van der Waals surface area contributed by atoms with Crippen LogP contribution in [0.15, 0.2) is 86.6 Å². The molecule has 0 atom stereocenters. The highest BCUT2D eigenvalue weighted by Gasteiger charge is 2.02. The minimum absolute atomic E-state index is 0.687. The molecule has 6 rings (SSSR count). The summed E-state index contributed by atoms with van der Waals surface area (Å²) in [5.41, 5.74) is 3.23. The van der Waals surface area contributed by atoms with Gasteiger partial charge in [-0.05, 0) is 54.6 Å². The highest BCUT2D eigenvalue weighted by Crippen LogP contribution is 2.20. The minimum Gasteiger partial charge on any atom is -0.383 e. The second-order valence-corrected chi connectivity index (χ2v) is 11.0. The van der Waals surface area contributed by atoms with E-state index < -0.39 is 0 Å². The third-order valence-corrected chi connectivity index (χ3v) is 7.03. The molecule has 38 heavy (non-hydrogen) atoms. The van der Waals surface area contributed by atoms with Crippen molar-refractivity contribution < 1.29 is 9.47 Å². The van der Waals surface area contributed by atoms with E-state index in [2.05, 4.69) is 86.4 Å². The lowest BCUT2D eigenvalue weighted by Crippen LogP contribution is -2.05. The van der Waals surface area contributed by atoms with E-state index in [-0.39, 0.29) is 0 Å². The number of nitrogens with one attached hydrogen (secondary N) is 1. The number of H-pyrrole nitrogens is 1. The molecule has 6 aromatic rings.